The molecule has 1 aliphatic rings. The Hall–Kier alpha value is -5.66. The number of para-hydroxylation sites is 1. The first-order valence-electron chi connectivity index (χ1n) is 15.9. The van der Waals surface area contributed by atoms with E-state index in [-0.39, 0.29) is 0 Å². The minimum Gasteiger partial charge on any atom is -0.309 e. The number of hydrogen-bond acceptors (Lipinski definition) is 0. The molecule has 0 amide bonds. The van der Waals surface area contributed by atoms with E-state index in [2.05, 4.69) is 162 Å². The number of aromatic nitrogens is 1. The van der Waals surface area contributed by atoms with Gasteiger partial charge in [0.2, 0.25) is 0 Å². The van der Waals surface area contributed by atoms with Crippen molar-refractivity contribution in [2.75, 3.05) is 0 Å². The van der Waals surface area contributed by atoms with Gasteiger partial charge in [-0.25, -0.2) is 0 Å². The Morgan fingerprint density at radius 2 is 1.31 bits per heavy atom. The average molecular weight is 572 g/mol. The minimum absolute atomic E-state index is 0.393. The Kier molecular flexibility index (Phi) is 5.18. The predicted octanol–water partition coefficient (Wildman–Crippen LogP) is 12.1. The van der Waals surface area contributed by atoms with E-state index in [1.54, 1.807) is 0 Å². The zero-order chi connectivity index (χ0) is 29.5. The SMILES string of the molecule is C1=CCC(c2ccc3c4c5cccc6cc(-c7ccc8ccccc8c7)c7cccc(c7c65)c4n(-c4ccccc4)c3c2)C=C1. The van der Waals surface area contributed by atoms with Gasteiger partial charge in [0.15, 0.2) is 0 Å². The molecule has 1 atom stereocenters. The van der Waals surface area contributed by atoms with E-state index in [9.17, 15) is 0 Å². The van der Waals surface area contributed by atoms with Gasteiger partial charge in [-0.15, -0.1) is 0 Å². The highest BCUT2D eigenvalue weighted by Crippen LogP contribution is 2.48. The molecule has 0 saturated carbocycles. The molecule has 10 rings (SSSR count). The zero-order valence-electron chi connectivity index (χ0n) is 24.7. The van der Waals surface area contributed by atoms with Crippen molar-refractivity contribution in [2.24, 2.45) is 0 Å². The van der Waals surface area contributed by atoms with Crippen molar-refractivity contribution in [1.29, 1.82) is 0 Å². The third kappa shape index (κ3) is 3.56. The van der Waals surface area contributed by atoms with Gasteiger partial charge in [0.05, 0.1) is 11.0 Å². The lowest BCUT2D eigenvalue weighted by Crippen LogP contribution is -1.98. The van der Waals surface area contributed by atoms with Crippen molar-refractivity contribution in [3.63, 3.8) is 0 Å². The smallest absolute Gasteiger partial charge is 0.0626 e. The van der Waals surface area contributed by atoms with Crippen LogP contribution in [0.4, 0.5) is 0 Å². The topological polar surface area (TPSA) is 4.93 Å². The van der Waals surface area contributed by atoms with Gasteiger partial charge in [0.1, 0.15) is 0 Å². The van der Waals surface area contributed by atoms with Crippen LogP contribution in [0.25, 0.3) is 81.7 Å². The van der Waals surface area contributed by atoms with E-state index >= 15 is 0 Å². The van der Waals surface area contributed by atoms with Gasteiger partial charge in [-0.1, -0.05) is 127 Å². The van der Waals surface area contributed by atoms with Crippen LogP contribution in [0.5, 0.6) is 0 Å². The fraction of sp³-hybridized carbons (Fsp3) is 0.0455. The maximum absolute atomic E-state index is 2.52. The third-order valence-corrected chi connectivity index (χ3v) is 10.0. The quantitative estimate of drug-likeness (QED) is 0.186. The van der Waals surface area contributed by atoms with Crippen molar-refractivity contribution >= 4 is 64.9 Å². The number of rotatable bonds is 3. The Labute approximate surface area is 261 Å². The average Bonchev–Trinajstić information content (AvgIpc) is 3.46. The van der Waals surface area contributed by atoms with Crippen molar-refractivity contribution in [1.82, 2.24) is 4.57 Å². The second kappa shape index (κ2) is 9.42. The summed E-state index contributed by atoms with van der Waals surface area (Å²) in [6, 6.07) is 49.8. The Morgan fingerprint density at radius 1 is 0.511 bits per heavy atom. The second-order valence-corrected chi connectivity index (χ2v) is 12.4. The van der Waals surface area contributed by atoms with Gasteiger partial charge in [-0.05, 0) is 85.8 Å². The zero-order valence-corrected chi connectivity index (χ0v) is 24.7. The molecule has 1 nitrogen and oxygen atoms in total. The fourth-order valence-electron chi connectivity index (χ4n) is 7.99. The highest BCUT2D eigenvalue weighted by atomic mass is 15.0. The lowest BCUT2D eigenvalue weighted by atomic mass is 9.86. The maximum Gasteiger partial charge on any atom is 0.0626 e. The van der Waals surface area contributed by atoms with Crippen LogP contribution < -0.4 is 0 Å². The molecule has 0 bridgehead atoms. The van der Waals surface area contributed by atoms with Crippen LogP contribution in [0.2, 0.25) is 0 Å². The number of benzene rings is 8. The lowest BCUT2D eigenvalue weighted by Gasteiger charge is -2.18. The van der Waals surface area contributed by atoms with Crippen molar-refractivity contribution in [2.45, 2.75) is 12.3 Å². The molecule has 0 radical (unpaired) electrons. The van der Waals surface area contributed by atoms with Gasteiger partial charge in [-0.3, -0.25) is 0 Å². The van der Waals surface area contributed by atoms with E-state index < -0.39 is 0 Å². The van der Waals surface area contributed by atoms with E-state index in [1.165, 1.54) is 87.3 Å². The van der Waals surface area contributed by atoms with Gasteiger partial charge in [-0.2, -0.15) is 0 Å². The highest BCUT2D eigenvalue weighted by molar-refractivity contribution is 6.39. The predicted molar refractivity (Wildman–Crippen MR) is 193 cm³/mol. The molecular weight excluding hydrogens is 542 g/mol. The summed E-state index contributed by atoms with van der Waals surface area (Å²) in [5, 5.41) is 13.1. The van der Waals surface area contributed by atoms with Crippen LogP contribution in [0.1, 0.15) is 17.9 Å². The first-order valence-corrected chi connectivity index (χ1v) is 15.9. The molecule has 1 heteroatoms. The third-order valence-electron chi connectivity index (χ3n) is 10.0. The summed E-state index contributed by atoms with van der Waals surface area (Å²) in [4.78, 5) is 0. The normalized spacial score (nSPS) is 15.1. The molecule has 0 fully saturated rings. The van der Waals surface area contributed by atoms with Crippen molar-refractivity contribution < 1.29 is 0 Å². The van der Waals surface area contributed by atoms with Crippen molar-refractivity contribution in [3.05, 3.63) is 163 Å². The van der Waals surface area contributed by atoms with Crippen LogP contribution >= 0.6 is 0 Å². The van der Waals surface area contributed by atoms with Crippen molar-refractivity contribution in [3.8, 4) is 16.8 Å². The molecule has 9 aromatic rings. The number of allylic oxidation sites excluding steroid dienone is 4. The first-order chi connectivity index (χ1) is 22.3. The van der Waals surface area contributed by atoms with Gasteiger partial charge >= 0.3 is 0 Å². The molecular formula is C44H29N. The van der Waals surface area contributed by atoms with Gasteiger partial charge < -0.3 is 4.57 Å². The van der Waals surface area contributed by atoms with Crippen LogP contribution in [0.15, 0.2) is 158 Å². The van der Waals surface area contributed by atoms with Gasteiger partial charge in [0, 0.05) is 33.2 Å². The Balaban J connectivity index is 1.38. The molecule has 1 unspecified atom stereocenters. The molecule has 210 valence electrons. The van der Waals surface area contributed by atoms with E-state index in [1.807, 2.05) is 0 Å². The number of nitrogens with zero attached hydrogens (tertiary/aromatic N) is 1. The number of fused-ring (bicyclic) bond motifs is 6. The molecule has 1 heterocycles. The molecule has 0 saturated heterocycles. The van der Waals surface area contributed by atoms with Crippen LogP contribution in [0, 0.1) is 0 Å². The Morgan fingerprint density at radius 3 is 2.20 bits per heavy atom. The molecule has 0 aliphatic heterocycles. The summed E-state index contributed by atoms with van der Waals surface area (Å²) >= 11 is 0. The molecule has 0 N–H and O–H groups in total. The molecule has 0 spiro atoms. The summed E-state index contributed by atoms with van der Waals surface area (Å²) in [6.45, 7) is 0. The molecule has 1 aromatic heterocycles. The molecule has 45 heavy (non-hydrogen) atoms. The van der Waals surface area contributed by atoms with Gasteiger partial charge in [0.25, 0.3) is 0 Å². The van der Waals surface area contributed by atoms with Crippen LogP contribution in [-0.4, -0.2) is 4.57 Å². The standard InChI is InChI=1S/C44H29N/c1-3-11-28(12-4-1)31-23-24-36-40(27-31)45(34-16-5-2-6-17-34)44-38-20-10-18-35-39(32-22-21-29-13-7-8-14-30(29)25-32)26-33-15-9-19-37(43(36)44)41(33)42(35)38/h1-11,13-28H,12H2. The van der Waals surface area contributed by atoms with Crippen LogP contribution in [0.3, 0.4) is 0 Å². The Bertz CT molecular complexity index is 2670. The summed E-state index contributed by atoms with van der Waals surface area (Å²) in [5.74, 6) is 0.393. The minimum atomic E-state index is 0.393. The summed E-state index contributed by atoms with van der Waals surface area (Å²) in [6.07, 6.45) is 10.00. The summed E-state index contributed by atoms with van der Waals surface area (Å²) in [7, 11) is 0. The summed E-state index contributed by atoms with van der Waals surface area (Å²) in [5.41, 5.74) is 7.65. The monoisotopic (exact) mass is 571 g/mol. The maximum atomic E-state index is 2.52. The van der Waals surface area contributed by atoms with E-state index in [0.29, 0.717) is 5.92 Å². The highest BCUT2D eigenvalue weighted by Gasteiger charge is 2.23. The lowest BCUT2D eigenvalue weighted by molar-refractivity contribution is 0.855. The van der Waals surface area contributed by atoms with Crippen LogP contribution in [-0.2, 0) is 0 Å². The number of hydrogen-bond donors (Lipinski definition) is 0. The van der Waals surface area contributed by atoms with E-state index in [4.69, 9.17) is 0 Å². The first kappa shape index (κ1) is 24.7. The summed E-state index contributed by atoms with van der Waals surface area (Å²) < 4.78 is 2.52. The molecule has 8 aromatic carbocycles. The fourth-order valence-corrected chi connectivity index (χ4v) is 7.99. The molecule has 1 aliphatic carbocycles. The largest absolute Gasteiger partial charge is 0.309 e. The van der Waals surface area contributed by atoms with E-state index in [0.717, 1.165) is 6.42 Å². The second-order valence-electron chi connectivity index (χ2n) is 12.4.